The Morgan fingerprint density at radius 3 is 0.816 bits per heavy atom. The molecular weight excluding hydrogens is 1150 g/mol. The molecule has 3 N–H and O–H groups in total. The minimum atomic E-state index is -4.95. The Morgan fingerprint density at radius 2 is 0.552 bits per heavy atom. The van der Waals surface area contributed by atoms with Gasteiger partial charge in [-0.1, -0.05) is 280 Å². The quantitative estimate of drug-likeness (QED) is 0.0222. The van der Waals surface area contributed by atoms with Crippen LogP contribution in [0.15, 0.2) is 0 Å². The van der Waals surface area contributed by atoms with Gasteiger partial charge in [-0.2, -0.15) is 0 Å². The Labute approximate surface area is 530 Å². The lowest BCUT2D eigenvalue weighted by Gasteiger charge is -2.21. The molecular formula is C68H132O17P2. The molecule has 0 aromatic carbocycles. The third kappa shape index (κ3) is 61.3. The Morgan fingerprint density at radius 1 is 0.322 bits per heavy atom. The summed E-state index contributed by atoms with van der Waals surface area (Å²) in [7, 11) is -9.90. The number of carbonyl (C=O) groups excluding carboxylic acids is 4. The van der Waals surface area contributed by atoms with Gasteiger partial charge in [-0.3, -0.25) is 37.3 Å². The highest BCUT2D eigenvalue weighted by Gasteiger charge is 2.30. The number of hydrogen-bond acceptors (Lipinski definition) is 15. The van der Waals surface area contributed by atoms with Crippen LogP contribution in [0.3, 0.4) is 0 Å². The van der Waals surface area contributed by atoms with Crippen molar-refractivity contribution < 1.29 is 80.2 Å². The van der Waals surface area contributed by atoms with Crippen molar-refractivity contribution in [2.24, 2.45) is 23.7 Å². The first-order valence-corrected chi connectivity index (χ1v) is 38.2. The maximum atomic E-state index is 13.0. The second kappa shape index (κ2) is 57.9. The molecule has 0 aliphatic heterocycles. The summed E-state index contributed by atoms with van der Waals surface area (Å²) in [5.74, 6) is 0.805. The zero-order valence-corrected chi connectivity index (χ0v) is 58.4. The molecule has 0 aromatic rings. The van der Waals surface area contributed by atoms with Gasteiger partial charge in [0.05, 0.1) is 26.4 Å². The van der Waals surface area contributed by atoms with Crippen molar-refractivity contribution in [3.8, 4) is 0 Å². The number of aliphatic hydroxyl groups is 1. The highest BCUT2D eigenvalue weighted by molar-refractivity contribution is 7.47. The van der Waals surface area contributed by atoms with Crippen molar-refractivity contribution in [3.05, 3.63) is 0 Å². The van der Waals surface area contributed by atoms with Gasteiger partial charge in [0.1, 0.15) is 19.3 Å². The Kier molecular flexibility index (Phi) is 56.6. The van der Waals surface area contributed by atoms with Crippen molar-refractivity contribution in [3.63, 3.8) is 0 Å². The molecule has 0 aliphatic rings. The van der Waals surface area contributed by atoms with E-state index in [9.17, 15) is 43.2 Å². The second-order valence-corrected chi connectivity index (χ2v) is 29.1. The van der Waals surface area contributed by atoms with E-state index in [1.807, 2.05) is 0 Å². The number of hydrogen-bond donors (Lipinski definition) is 3. The van der Waals surface area contributed by atoms with Crippen LogP contribution in [0.5, 0.6) is 0 Å². The van der Waals surface area contributed by atoms with Crippen LogP contribution in [0, 0.1) is 23.7 Å². The highest BCUT2D eigenvalue weighted by Crippen LogP contribution is 2.45. The van der Waals surface area contributed by atoms with Gasteiger partial charge in [-0.15, -0.1) is 0 Å². The summed E-state index contributed by atoms with van der Waals surface area (Å²) >= 11 is 0. The van der Waals surface area contributed by atoms with E-state index in [1.54, 1.807) is 0 Å². The van der Waals surface area contributed by atoms with Crippen LogP contribution in [-0.2, 0) is 65.4 Å². The zero-order valence-electron chi connectivity index (χ0n) is 56.6. The van der Waals surface area contributed by atoms with E-state index in [1.165, 1.54) is 122 Å². The van der Waals surface area contributed by atoms with E-state index >= 15 is 0 Å². The van der Waals surface area contributed by atoms with E-state index in [0.717, 1.165) is 115 Å². The largest absolute Gasteiger partial charge is 0.472 e. The summed E-state index contributed by atoms with van der Waals surface area (Å²) in [6.45, 7) is 14.0. The molecule has 0 spiro atoms. The molecule has 0 radical (unpaired) electrons. The van der Waals surface area contributed by atoms with Crippen LogP contribution in [0.4, 0.5) is 0 Å². The van der Waals surface area contributed by atoms with Crippen LogP contribution in [0.1, 0.15) is 331 Å². The molecule has 0 saturated carbocycles. The monoisotopic (exact) mass is 1280 g/mol. The first-order chi connectivity index (χ1) is 41.6. The average molecular weight is 1280 g/mol. The third-order valence-corrected chi connectivity index (χ3v) is 17.8. The predicted octanol–water partition coefficient (Wildman–Crippen LogP) is 18.9. The van der Waals surface area contributed by atoms with E-state index in [4.69, 9.17) is 37.0 Å². The molecule has 19 heteroatoms. The van der Waals surface area contributed by atoms with Crippen LogP contribution >= 0.6 is 15.6 Å². The van der Waals surface area contributed by atoms with Crippen molar-refractivity contribution >= 4 is 39.5 Å². The number of phosphoric acid groups is 2. The van der Waals surface area contributed by atoms with Crippen LogP contribution < -0.4 is 0 Å². The summed E-state index contributed by atoms with van der Waals surface area (Å²) < 4.78 is 68.1. The Hall–Kier alpha value is -1.94. The molecule has 0 aromatic heterocycles. The molecule has 516 valence electrons. The van der Waals surface area contributed by atoms with E-state index in [-0.39, 0.29) is 25.7 Å². The molecule has 17 nitrogen and oxygen atoms in total. The van der Waals surface area contributed by atoms with E-state index in [0.29, 0.717) is 37.5 Å². The van der Waals surface area contributed by atoms with Gasteiger partial charge < -0.3 is 33.8 Å². The minimum absolute atomic E-state index is 0.103. The molecule has 0 aliphatic carbocycles. The van der Waals surface area contributed by atoms with Gasteiger partial charge >= 0.3 is 39.5 Å². The lowest BCUT2D eigenvalue weighted by atomic mass is 9.99. The number of rotatable bonds is 65. The maximum Gasteiger partial charge on any atom is 0.472 e. The zero-order chi connectivity index (χ0) is 64.7. The number of carbonyl (C=O) groups is 4. The van der Waals surface area contributed by atoms with Gasteiger partial charge in [-0.05, 0) is 49.4 Å². The van der Waals surface area contributed by atoms with Crippen molar-refractivity contribution in [1.82, 2.24) is 0 Å². The molecule has 87 heavy (non-hydrogen) atoms. The normalized spacial score (nSPS) is 14.6. The highest BCUT2D eigenvalue weighted by atomic mass is 31.2. The van der Waals surface area contributed by atoms with Crippen LogP contribution in [-0.4, -0.2) is 96.7 Å². The first kappa shape index (κ1) is 85.1. The van der Waals surface area contributed by atoms with E-state index in [2.05, 4.69) is 55.4 Å². The number of esters is 4. The molecule has 0 heterocycles. The Bertz CT molecular complexity index is 1730. The minimum Gasteiger partial charge on any atom is -0.462 e. The molecule has 0 bridgehead atoms. The number of ether oxygens (including phenoxy) is 4. The smallest absolute Gasteiger partial charge is 0.462 e. The van der Waals surface area contributed by atoms with Crippen molar-refractivity contribution in [2.45, 2.75) is 350 Å². The van der Waals surface area contributed by atoms with Crippen molar-refractivity contribution in [1.29, 1.82) is 0 Å². The number of unbranched alkanes of at least 4 members (excludes halogenated alkanes) is 30. The maximum absolute atomic E-state index is 13.0. The summed E-state index contributed by atoms with van der Waals surface area (Å²) in [6.07, 6.45) is 39.1. The fraction of sp³-hybridized carbons (Fsp3) is 0.941. The van der Waals surface area contributed by atoms with Crippen LogP contribution in [0.25, 0.3) is 0 Å². The molecule has 0 rings (SSSR count). The third-order valence-electron chi connectivity index (χ3n) is 15.9. The number of aliphatic hydroxyl groups excluding tert-OH is 1. The van der Waals surface area contributed by atoms with Gasteiger partial charge in [0.15, 0.2) is 12.2 Å². The van der Waals surface area contributed by atoms with Crippen molar-refractivity contribution in [2.75, 3.05) is 39.6 Å². The fourth-order valence-electron chi connectivity index (χ4n) is 10.1. The molecule has 6 atom stereocenters. The molecule has 4 unspecified atom stereocenters. The molecule has 0 saturated heterocycles. The average Bonchev–Trinajstić information content (AvgIpc) is 3.55. The van der Waals surface area contributed by atoms with Gasteiger partial charge in [0, 0.05) is 25.7 Å². The van der Waals surface area contributed by atoms with E-state index < -0.39 is 97.5 Å². The van der Waals surface area contributed by atoms with Gasteiger partial charge in [0.25, 0.3) is 0 Å². The summed E-state index contributed by atoms with van der Waals surface area (Å²) in [5.41, 5.74) is 0. The lowest BCUT2D eigenvalue weighted by molar-refractivity contribution is -0.161. The lowest BCUT2D eigenvalue weighted by Crippen LogP contribution is -2.30. The number of phosphoric ester groups is 2. The topological polar surface area (TPSA) is 237 Å². The Balaban J connectivity index is 5.24. The summed E-state index contributed by atoms with van der Waals surface area (Å²) in [4.78, 5) is 72.4. The predicted molar refractivity (Wildman–Crippen MR) is 349 cm³/mol. The molecule has 0 fully saturated rings. The first-order valence-electron chi connectivity index (χ1n) is 35.2. The van der Waals surface area contributed by atoms with Gasteiger partial charge in [-0.25, -0.2) is 9.13 Å². The molecule has 0 amide bonds. The van der Waals surface area contributed by atoms with Crippen LogP contribution in [0.2, 0.25) is 0 Å². The summed E-state index contributed by atoms with van der Waals surface area (Å²) in [6, 6.07) is 0. The summed E-state index contributed by atoms with van der Waals surface area (Å²) in [5, 5.41) is 10.6. The SMILES string of the molecule is CCC(C)CCCCCCCCCCC(=O)O[C@H](COC(=O)CCCCCCCCC(C)C)COP(=O)(O)OCC(O)COP(=O)(O)OC[C@@H](COC(=O)CCCCCCCCCC(C)C)OC(=O)CCCCCCCCCCCCCCCC(C)C. The fourth-order valence-corrected chi connectivity index (χ4v) is 11.7. The second-order valence-electron chi connectivity index (χ2n) is 26.2. The standard InChI is InChI=1S/C68H132O17P2/c1-9-61(8)47-39-31-22-17-18-24-35-43-51-68(73)85-64(55-79-66(71)49-41-33-27-26-30-38-46-60(6)7)57-83-87(76,77)81-53-62(69)52-80-86(74,75)82-56-63(54-78-65(70)48-40-32-25-19-21-29-37-45-59(4)5)84-67(72)50-42-34-23-16-14-12-10-11-13-15-20-28-36-44-58(2)3/h58-64,69H,9-57H2,1-8H3,(H,74,75)(H,76,77)/t61?,62?,63-,64-/m1/s1. The van der Waals surface area contributed by atoms with Gasteiger partial charge in [0.2, 0.25) is 0 Å².